The van der Waals surface area contributed by atoms with Crippen molar-refractivity contribution in [2.24, 2.45) is 0 Å². The van der Waals surface area contributed by atoms with E-state index in [-0.39, 0.29) is 12.2 Å². The van der Waals surface area contributed by atoms with Crippen molar-refractivity contribution >= 4 is 11.9 Å². The summed E-state index contributed by atoms with van der Waals surface area (Å²) in [6, 6.07) is 11.8. The molecule has 0 bridgehead atoms. The van der Waals surface area contributed by atoms with Crippen molar-refractivity contribution in [3.8, 4) is 11.5 Å². The largest absolute Gasteiger partial charge is 0.486 e. The first-order valence-electron chi connectivity index (χ1n) is 13.3. The van der Waals surface area contributed by atoms with Crippen LogP contribution in [0.1, 0.15) is 35.1 Å². The number of aryl methyl sites for hydroxylation is 2. The van der Waals surface area contributed by atoms with Crippen LogP contribution in [0.2, 0.25) is 0 Å². The molecule has 2 aromatic rings. The van der Waals surface area contributed by atoms with Crippen LogP contribution in [0.15, 0.2) is 48.6 Å². The molecule has 2 N–H and O–H groups in total. The third-order valence-corrected chi connectivity index (χ3v) is 7.29. The summed E-state index contributed by atoms with van der Waals surface area (Å²) in [5, 5.41) is 6.48. The molecule has 2 aliphatic heterocycles. The molecule has 0 saturated carbocycles. The van der Waals surface area contributed by atoms with Crippen molar-refractivity contribution in [2.75, 3.05) is 26.2 Å². The summed E-state index contributed by atoms with van der Waals surface area (Å²) in [6.45, 7) is 10.6. The van der Waals surface area contributed by atoms with Gasteiger partial charge in [0.05, 0.1) is 0 Å². The fraction of sp³-hybridized carbons (Fsp3) is 0.467. The van der Waals surface area contributed by atoms with Crippen molar-refractivity contribution in [1.29, 1.82) is 0 Å². The summed E-state index contributed by atoms with van der Waals surface area (Å²) in [5.41, 5.74) is 4.41. The number of ether oxygens (including phenoxy) is 4. The molecule has 8 heteroatoms. The molecule has 4 rings (SSSR count). The highest BCUT2D eigenvalue weighted by atomic mass is 16.6. The lowest BCUT2D eigenvalue weighted by molar-refractivity contribution is -0.151. The average molecular weight is 523 g/mol. The molecule has 0 aromatic heterocycles. The summed E-state index contributed by atoms with van der Waals surface area (Å²) in [5.74, 6) is 0.344. The molecule has 0 spiro atoms. The normalized spacial score (nSPS) is 23.6. The first-order valence-corrected chi connectivity index (χ1v) is 13.3. The van der Waals surface area contributed by atoms with Crippen molar-refractivity contribution in [1.82, 2.24) is 10.6 Å². The number of piperidine rings is 2. The third kappa shape index (κ3) is 7.14. The Morgan fingerprint density at radius 2 is 1.11 bits per heavy atom. The number of hydrogen-bond donors (Lipinski definition) is 2. The van der Waals surface area contributed by atoms with Gasteiger partial charge in [-0.1, -0.05) is 24.3 Å². The van der Waals surface area contributed by atoms with Gasteiger partial charge in [0.25, 0.3) is 0 Å². The van der Waals surface area contributed by atoms with Gasteiger partial charge < -0.3 is 29.6 Å². The van der Waals surface area contributed by atoms with Gasteiger partial charge in [-0.2, -0.15) is 0 Å². The minimum atomic E-state index is -0.616. The van der Waals surface area contributed by atoms with E-state index in [2.05, 4.69) is 10.6 Å². The predicted octanol–water partition coefficient (Wildman–Crippen LogP) is 3.48. The Bertz CT molecular complexity index is 1070. The highest BCUT2D eigenvalue weighted by Crippen LogP contribution is 2.26. The van der Waals surface area contributed by atoms with Gasteiger partial charge in [0.15, 0.2) is 12.2 Å². The van der Waals surface area contributed by atoms with E-state index in [1.54, 1.807) is 0 Å². The van der Waals surface area contributed by atoms with Crippen molar-refractivity contribution in [3.63, 3.8) is 0 Å². The lowest BCUT2D eigenvalue weighted by Crippen LogP contribution is -2.49. The van der Waals surface area contributed by atoms with Gasteiger partial charge in [0.1, 0.15) is 23.7 Å². The minimum Gasteiger partial charge on any atom is -0.486 e. The molecule has 204 valence electrons. The van der Waals surface area contributed by atoms with E-state index in [4.69, 9.17) is 18.9 Å². The maximum absolute atomic E-state index is 12.6. The minimum absolute atomic E-state index is 0.280. The average Bonchev–Trinajstić information content (AvgIpc) is 2.90. The molecule has 2 aliphatic rings. The second kappa shape index (κ2) is 12.9. The summed E-state index contributed by atoms with van der Waals surface area (Å²) >= 11 is 0. The number of esters is 2. The number of benzene rings is 2. The highest BCUT2D eigenvalue weighted by molar-refractivity contribution is 5.91. The first kappa shape index (κ1) is 27.7. The van der Waals surface area contributed by atoms with E-state index in [9.17, 15) is 9.59 Å². The van der Waals surface area contributed by atoms with Crippen molar-refractivity contribution < 1.29 is 28.5 Å². The van der Waals surface area contributed by atoms with Crippen LogP contribution >= 0.6 is 0 Å². The van der Waals surface area contributed by atoms with E-state index >= 15 is 0 Å². The van der Waals surface area contributed by atoms with E-state index < -0.39 is 24.1 Å². The summed E-state index contributed by atoms with van der Waals surface area (Å²) in [7, 11) is 0. The third-order valence-electron chi connectivity index (χ3n) is 7.29. The van der Waals surface area contributed by atoms with Crippen molar-refractivity contribution in [2.45, 2.75) is 65.0 Å². The molecule has 0 amide bonds. The topological polar surface area (TPSA) is 95.1 Å². The fourth-order valence-electron chi connectivity index (χ4n) is 4.66. The zero-order chi connectivity index (χ0) is 27.1. The van der Waals surface area contributed by atoms with Crippen LogP contribution in [-0.4, -0.2) is 62.5 Å². The van der Waals surface area contributed by atoms with Crippen LogP contribution < -0.4 is 20.1 Å². The second-order valence-corrected chi connectivity index (χ2v) is 9.98. The molecular weight excluding hydrogens is 484 g/mol. The van der Waals surface area contributed by atoms with Crippen LogP contribution in [0.25, 0.3) is 0 Å². The number of rotatable bonds is 8. The number of carbonyl (C=O) groups excluding carboxylic acids is 2. The molecule has 0 radical (unpaired) electrons. The first-order chi connectivity index (χ1) is 18.3. The SMILES string of the molecule is Cc1cccc(OC2CCNCC2OC(=O)/C=C/C(=O)OC2CNCCC2Oc2cccc(C)c2C)c1C. The Morgan fingerprint density at radius 3 is 1.53 bits per heavy atom. The van der Waals surface area contributed by atoms with Gasteiger partial charge in [-0.15, -0.1) is 0 Å². The van der Waals surface area contributed by atoms with Crippen LogP contribution in [-0.2, 0) is 19.1 Å². The molecule has 2 saturated heterocycles. The highest BCUT2D eigenvalue weighted by Gasteiger charge is 2.31. The summed E-state index contributed by atoms with van der Waals surface area (Å²) in [4.78, 5) is 25.1. The molecule has 4 unspecified atom stereocenters. The van der Waals surface area contributed by atoms with Gasteiger partial charge in [-0.05, 0) is 75.2 Å². The predicted molar refractivity (Wildman–Crippen MR) is 145 cm³/mol. The van der Waals surface area contributed by atoms with E-state index in [0.717, 1.165) is 59.0 Å². The molecular formula is C30H38N2O6. The quantitative estimate of drug-likeness (QED) is 0.402. The van der Waals surface area contributed by atoms with Crippen LogP contribution in [0.3, 0.4) is 0 Å². The smallest absolute Gasteiger partial charge is 0.331 e. The lowest BCUT2D eigenvalue weighted by atomic mass is 10.1. The molecule has 0 aliphatic carbocycles. The van der Waals surface area contributed by atoms with Gasteiger partial charge in [-0.25, -0.2) is 9.59 Å². The molecule has 2 aromatic carbocycles. The molecule has 38 heavy (non-hydrogen) atoms. The fourth-order valence-corrected chi connectivity index (χ4v) is 4.66. The Kier molecular flexibility index (Phi) is 9.42. The maximum Gasteiger partial charge on any atom is 0.331 e. The Labute approximate surface area is 224 Å². The van der Waals surface area contributed by atoms with E-state index in [1.165, 1.54) is 0 Å². The number of hydrogen-bond acceptors (Lipinski definition) is 8. The zero-order valence-electron chi connectivity index (χ0n) is 22.6. The molecule has 2 fully saturated rings. The molecule has 8 nitrogen and oxygen atoms in total. The molecule has 4 atom stereocenters. The van der Waals surface area contributed by atoms with Crippen LogP contribution in [0.4, 0.5) is 0 Å². The second-order valence-electron chi connectivity index (χ2n) is 9.98. The Balaban J connectivity index is 1.32. The van der Waals surface area contributed by atoms with Crippen LogP contribution in [0, 0.1) is 27.7 Å². The number of carbonyl (C=O) groups is 2. The van der Waals surface area contributed by atoms with Gasteiger partial charge in [-0.3, -0.25) is 0 Å². The maximum atomic E-state index is 12.6. The Hall–Kier alpha value is -3.36. The zero-order valence-corrected chi connectivity index (χ0v) is 22.6. The van der Waals surface area contributed by atoms with E-state index in [0.29, 0.717) is 25.9 Å². The van der Waals surface area contributed by atoms with Gasteiger partial charge in [0.2, 0.25) is 0 Å². The standard InChI is InChI=1S/C30H38N2O6/c1-19-7-5-9-23(21(19)3)35-25-13-15-31-17-27(25)37-29(33)11-12-30(34)38-28-18-32-16-14-26(28)36-24-10-6-8-20(2)22(24)4/h5-12,25-28,31-32H,13-18H2,1-4H3/b12-11+. The Morgan fingerprint density at radius 1 is 0.684 bits per heavy atom. The summed E-state index contributed by atoms with van der Waals surface area (Å²) in [6.07, 6.45) is 2.12. The van der Waals surface area contributed by atoms with Gasteiger partial charge >= 0.3 is 11.9 Å². The van der Waals surface area contributed by atoms with E-state index in [1.807, 2.05) is 64.1 Å². The summed E-state index contributed by atoms with van der Waals surface area (Å²) < 4.78 is 23.8. The van der Waals surface area contributed by atoms with Crippen molar-refractivity contribution in [3.05, 3.63) is 70.8 Å². The van der Waals surface area contributed by atoms with Gasteiger partial charge in [0, 0.05) is 38.1 Å². The monoisotopic (exact) mass is 522 g/mol. The number of nitrogens with one attached hydrogen (secondary N) is 2. The lowest BCUT2D eigenvalue weighted by Gasteiger charge is -2.32. The van der Waals surface area contributed by atoms with Crippen LogP contribution in [0.5, 0.6) is 11.5 Å². The molecule has 2 heterocycles.